The van der Waals surface area contributed by atoms with Gasteiger partial charge in [0.15, 0.2) is 0 Å². The molecule has 0 atom stereocenters. The van der Waals surface area contributed by atoms with Crippen LogP contribution in [0.3, 0.4) is 0 Å². The maximum atomic E-state index is 9.41. The largest absolute Gasteiger partial charge is 0.393 e. The van der Waals surface area contributed by atoms with E-state index in [4.69, 9.17) is 5.26 Å². The predicted molar refractivity (Wildman–Crippen MR) is 65.4 cm³/mol. The van der Waals surface area contributed by atoms with E-state index in [0.29, 0.717) is 11.6 Å². The van der Waals surface area contributed by atoms with Crippen molar-refractivity contribution in [3.05, 3.63) is 24.0 Å². The fourth-order valence-corrected chi connectivity index (χ4v) is 2.18. The molecule has 4 nitrogen and oxygen atoms in total. The van der Waals surface area contributed by atoms with Crippen molar-refractivity contribution >= 4 is 5.69 Å². The third kappa shape index (κ3) is 3.43. The van der Waals surface area contributed by atoms with Gasteiger partial charge in [-0.3, -0.25) is 0 Å². The van der Waals surface area contributed by atoms with Gasteiger partial charge in [-0.2, -0.15) is 5.26 Å². The Morgan fingerprint density at radius 3 is 2.71 bits per heavy atom. The number of nitrogens with one attached hydrogen (secondary N) is 1. The van der Waals surface area contributed by atoms with Crippen LogP contribution in [0.2, 0.25) is 0 Å². The summed E-state index contributed by atoms with van der Waals surface area (Å²) < 4.78 is 0. The van der Waals surface area contributed by atoms with Gasteiger partial charge in [-0.1, -0.05) is 0 Å². The summed E-state index contributed by atoms with van der Waals surface area (Å²) in [6, 6.07) is 5.59. The summed E-state index contributed by atoms with van der Waals surface area (Å²) in [6.45, 7) is 0.917. The molecule has 17 heavy (non-hydrogen) atoms. The van der Waals surface area contributed by atoms with Gasteiger partial charge in [-0.25, -0.2) is 4.98 Å². The zero-order valence-electron chi connectivity index (χ0n) is 9.76. The lowest BCUT2D eigenvalue weighted by Gasteiger charge is -2.25. The van der Waals surface area contributed by atoms with Crippen LogP contribution in [0, 0.1) is 17.2 Å². The number of pyridine rings is 1. The molecule has 0 saturated heterocycles. The molecule has 0 unspecified atom stereocenters. The Balaban J connectivity index is 1.79. The van der Waals surface area contributed by atoms with Crippen LogP contribution in [-0.4, -0.2) is 22.7 Å². The van der Waals surface area contributed by atoms with E-state index in [0.717, 1.165) is 37.9 Å². The summed E-state index contributed by atoms with van der Waals surface area (Å²) in [4.78, 5) is 4.01. The number of aliphatic hydroxyl groups excluding tert-OH is 1. The van der Waals surface area contributed by atoms with E-state index < -0.39 is 0 Å². The van der Waals surface area contributed by atoms with Crippen molar-refractivity contribution in [3.63, 3.8) is 0 Å². The van der Waals surface area contributed by atoms with Crippen molar-refractivity contribution in [1.29, 1.82) is 5.26 Å². The second kappa shape index (κ2) is 5.65. The van der Waals surface area contributed by atoms with Gasteiger partial charge in [0.1, 0.15) is 11.8 Å². The molecule has 1 aliphatic rings. The molecule has 0 amide bonds. The highest BCUT2D eigenvalue weighted by atomic mass is 16.3. The van der Waals surface area contributed by atoms with Gasteiger partial charge >= 0.3 is 0 Å². The second-order valence-corrected chi connectivity index (χ2v) is 4.60. The van der Waals surface area contributed by atoms with Crippen LogP contribution in [0.15, 0.2) is 18.3 Å². The van der Waals surface area contributed by atoms with Gasteiger partial charge in [0, 0.05) is 6.54 Å². The highest BCUT2D eigenvalue weighted by molar-refractivity contribution is 5.42. The molecular weight excluding hydrogens is 214 g/mol. The molecule has 2 N–H and O–H groups in total. The number of aromatic nitrogens is 1. The predicted octanol–water partition coefficient (Wildman–Crippen LogP) is 1.92. The Bertz CT molecular complexity index is 388. The molecule has 1 aliphatic carbocycles. The monoisotopic (exact) mass is 231 g/mol. The summed E-state index contributed by atoms with van der Waals surface area (Å²) in [6.07, 6.45) is 5.59. The fraction of sp³-hybridized carbons (Fsp3) is 0.538. The summed E-state index contributed by atoms with van der Waals surface area (Å²) in [5.74, 6) is 0.633. The lowest BCUT2D eigenvalue weighted by atomic mass is 9.87. The zero-order chi connectivity index (χ0) is 12.1. The number of aliphatic hydroxyl groups is 1. The lowest BCUT2D eigenvalue weighted by Crippen LogP contribution is -2.23. The van der Waals surface area contributed by atoms with Crippen molar-refractivity contribution in [2.45, 2.75) is 31.8 Å². The topological polar surface area (TPSA) is 68.9 Å². The Morgan fingerprint density at radius 1 is 1.35 bits per heavy atom. The van der Waals surface area contributed by atoms with Crippen LogP contribution in [0.1, 0.15) is 31.4 Å². The van der Waals surface area contributed by atoms with E-state index in [-0.39, 0.29) is 6.10 Å². The first-order valence-electron chi connectivity index (χ1n) is 6.06. The van der Waals surface area contributed by atoms with Crippen LogP contribution in [-0.2, 0) is 0 Å². The van der Waals surface area contributed by atoms with Crippen LogP contribution >= 0.6 is 0 Å². The molecule has 1 saturated carbocycles. The van der Waals surface area contributed by atoms with Crippen LogP contribution in [0.4, 0.5) is 5.69 Å². The molecule has 0 aliphatic heterocycles. The standard InChI is InChI=1S/C13H17N3O/c14-7-11-3-4-12(9-16-11)15-8-10-1-5-13(17)6-2-10/h3-4,9-10,13,15,17H,1-2,5-6,8H2. The molecule has 1 aromatic rings. The summed E-state index contributed by atoms with van der Waals surface area (Å²) >= 11 is 0. The quantitative estimate of drug-likeness (QED) is 0.833. The summed E-state index contributed by atoms with van der Waals surface area (Å²) in [7, 11) is 0. The fourth-order valence-electron chi connectivity index (χ4n) is 2.18. The number of hydrogen-bond donors (Lipinski definition) is 2. The van der Waals surface area contributed by atoms with Gasteiger partial charge in [-0.05, 0) is 43.7 Å². The zero-order valence-corrected chi connectivity index (χ0v) is 9.76. The van der Waals surface area contributed by atoms with Gasteiger partial charge in [0.25, 0.3) is 0 Å². The van der Waals surface area contributed by atoms with Crippen molar-refractivity contribution < 1.29 is 5.11 Å². The summed E-state index contributed by atoms with van der Waals surface area (Å²) in [5.41, 5.74) is 1.39. The number of nitrogens with zero attached hydrogens (tertiary/aromatic N) is 2. The number of nitriles is 1. The van der Waals surface area contributed by atoms with E-state index in [1.807, 2.05) is 12.1 Å². The minimum absolute atomic E-state index is 0.0946. The minimum atomic E-state index is -0.0946. The number of rotatable bonds is 3. The average Bonchev–Trinajstić information content (AvgIpc) is 2.39. The van der Waals surface area contributed by atoms with Crippen LogP contribution in [0.25, 0.3) is 0 Å². The van der Waals surface area contributed by atoms with E-state index >= 15 is 0 Å². The molecule has 1 fully saturated rings. The van der Waals surface area contributed by atoms with Gasteiger partial charge in [0.05, 0.1) is 18.0 Å². The molecule has 1 heterocycles. The molecule has 1 aromatic heterocycles. The Hall–Kier alpha value is -1.60. The highest BCUT2D eigenvalue weighted by Gasteiger charge is 2.18. The first kappa shape index (κ1) is 11.9. The Morgan fingerprint density at radius 2 is 2.12 bits per heavy atom. The lowest BCUT2D eigenvalue weighted by molar-refractivity contribution is 0.111. The van der Waals surface area contributed by atoms with E-state index in [1.165, 1.54) is 0 Å². The number of anilines is 1. The Kier molecular flexibility index (Phi) is 3.94. The highest BCUT2D eigenvalue weighted by Crippen LogP contribution is 2.24. The molecule has 2 rings (SSSR count). The molecular formula is C13H17N3O. The molecule has 90 valence electrons. The second-order valence-electron chi connectivity index (χ2n) is 4.60. The van der Waals surface area contributed by atoms with Gasteiger partial charge < -0.3 is 10.4 Å². The van der Waals surface area contributed by atoms with Crippen molar-refractivity contribution in [2.24, 2.45) is 5.92 Å². The van der Waals surface area contributed by atoms with Gasteiger partial charge in [0.2, 0.25) is 0 Å². The molecule has 0 radical (unpaired) electrons. The Labute approximate surface area is 101 Å². The van der Waals surface area contributed by atoms with Crippen molar-refractivity contribution in [3.8, 4) is 6.07 Å². The first-order chi connectivity index (χ1) is 8.28. The normalized spacial score (nSPS) is 24.0. The van der Waals surface area contributed by atoms with E-state index in [9.17, 15) is 5.11 Å². The molecule has 0 spiro atoms. The maximum absolute atomic E-state index is 9.41. The molecule has 0 bridgehead atoms. The van der Waals surface area contributed by atoms with E-state index in [2.05, 4.69) is 10.3 Å². The molecule has 0 aromatic carbocycles. The average molecular weight is 231 g/mol. The van der Waals surface area contributed by atoms with Crippen LogP contribution in [0.5, 0.6) is 0 Å². The molecule has 4 heteroatoms. The third-order valence-corrected chi connectivity index (χ3v) is 3.29. The smallest absolute Gasteiger partial charge is 0.140 e. The van der Waals surface area contributed by atoms with Crippen molar-refractivity contribution in [2.75, 3.05) is 11.9 Å². The maximum Gasteiger partial charge on any atom is 0.140 e. The third-order valence-electron chi connectivity index (χ3n) is 3.29. The SMILES string of the molecule is N#Cc1ccc(NCC2CCC(O)CC2)cn1. The van der Waals surface area contributed by atoms with E-state index in [1.54, 1.807) is 12.3 Å². The minimum Gasteiger partial charge on any atom is -0.393 e. The van der Waals surface area contributed by atoms with Crippen molar-refractivity contribution in [1.82, 2.24) is 4.98 Å². The number of hydrogen-bond acceptors (Lipinski definition) is 4. The first-order valence-corrected chi connectivity index (χ1v) is 6.06. The van der Waals surface area contributed by atoms with Gasteiger partial charge in [-0.15, -0.1) is 0 Å². The van der Waals surface area contributed by atoms with Crippen LogP contribution < -0.4 is 5.32 Å². The summed E-state index contributed by atoms with van der Waals surface area (Å²) in [5, 5.41) is 21.4.